The maximum absolute atomic E-state index is 13.8. The lowest BCUT2D eigenvalue weighted by Gasteiger charge is -2.35. The largest absolute Gasteiger partial charge is 0.497 e. The summed E-state index contributed by atoms with van der Waals surface area (Å²) in [6, 6.07) is 18.1. The van der Waals surface area contributed by atoms with Crippen LogP contribution in [0, 0.1) is 11.6 Å². The molecule has 0 aliphatic carbocycles. The van der Waals surface area contributed by atoms with Gasteiger partial charge in [-0.15, -0.1) is 0 Å². The van der Waals surface area contributed by atoms with Crippen LogP contribution in [0.1, 0.15) is 30.0 Å². The second-order valence-electron chi connectivity index (χ2n) is 8.30. The number of rotatable bonds is 6. The second-order valence-corrected chi connectivity index (χ2v) is 8.30. The summed E-state index contributed by atoms with van der Waals surface area (Å²) in [6.45, 7) is 2.05. The molecule has 0 fully saturated rings. The fraction of sp³-hybridized carbons (Fsp3) is 0.148. The number of carbonyl (C=O) groups excluding carboxylic acids is 1. The smallest absolute Gasteiger partial charge is 0.322 e. The molecule has 3 aromatic carbocycles. The van der Waals surface area contributed by atoms with Crippen molar-refractivity contribution in [3.63, 3.8) is 0 Å². The number of halogens is 2. The molecule has 0 bridgehead atoms. The van der Waals surface area contributed by atoms with E-state index in [-0.39, 0.29) is 24.3 Å². The van der Waals surface area contributed by atoms with Gasteiger partial charge in [-0.2, -0.15) is 4.98 Å². The molecule has 0 radical (unpaired) electrons. The van der Waals surface area contributed by atoms with Gasteiger partial charge in [0.2, 0.25) is 5.82 Å². The number of methoxy groups -OCH3 is 1. The minimum Gasteiger partial charge on any atom is -0.497 e. The van der Waals surface area contributed by atoms with Crippen LogP contribution < -0.4 is 10.1 Å². The second kappa shape index (κ2) is 9.61. The van der Waals surface area contributed by atoms with Gasteiger partial charge in [0.25, 0.3) is 5.89 Å². The van der Waals surface area contributed by atoms with E-state index in [4.69, 9.17) is 9.26 Å². The van der Waals surface area contributed by atoms with Crippen LogP contribution in [0.25, 0.3) is 17.0 Å². The molecule has 1 atom stereocenters. The molecular weight excluding hydrogens is 466 g/mol. The third-order valence-electron chi connectivity index (χ3n) is 6.01. The van der Waals surface area contributed by atoms with Gasteiger partial charge in [0, 0.05) is 11.3 Å². The van der Waals surface area contributed by atoms with Crippen molar-refractivity contribution in [1.29, 1.82) is 0 Å². The molecule has 1 aliphatic heterocycles. The number of hydrogen-bond acceptors (Lipinski definition) is 5. The molecule has 1 aromatic heterocycles. The standard InChI is InChI=1S/C27H22F2N4O3/c1-16-23(26-31-25(32-36-26)19-6-4-7-21(29)14-19)24(18-9-11-20(28)12-10-18)30-27(34)33(16)15-17-5-3-8-22(13-17)35-2/h3-14,24H,15H2,1-2H3,(H,30,34). The van der Waals surface area contributed by atoms with Crippen molar-refractivity contribution in [2.75, 3.05) is 7.11 Å². The number of hydrogen-bond donors (Lipinski definition) is 1. The normalized spacial score (nSPS) is 15.7. The molecule has 7 nitrogen and oxygen atoms in total. The van der Waals surface area contributed by atoms with Crippen LogP contribution in [0.2, 0.25) is 0 Å². The molecule has 1 aliphatic rings. The van der Waals surface area contributed by atoms with Crippen molar-refractivity contribution in [1.82, 2.24) is 20.4 Å². The number of urea groups is 1. The quantitative estimate of drug-likeness (QED) is 0.375. The first kappa shape index (κ1) is 23.2. The SMILES string of the molecule is COc1cccc(CN2C(=O)NC(c3ccc(F)cc3)C(c3nc(-c4cccc(F)c4)no3)=C2C)c1. The Balaban J connectivity index is 1.59. The average Bonchev–Trinajstić information content (AvgIpc) is 3.37. The first-order valence-corrected chi connectivity index (χ1v) is 11.2. The highest BCUT2D eigenvalue weighted by atomic mass is 19.1. The molecule has 9 heteroatoms. The van der Waals surface area contributed by atoms with Crippen molar-refractivity contribution < 1.29 is 22.8 Å². The molecule has 182 valence electrons. The predicted octanol–water partition coefficient (Wildman–Crippen LogP) is 5.72. The van der Waals surface area contributed by atoms with Gasteiger partial charge in [0.1, 0.15) is 17.4 Å². The van der Waals surface area contributed by atoms with Crippen LogP contribution >= 0.6 is 0 Å². The van der Waals surface area contributed by atoms with E-state index < -0.39 is 17.7 Å². The lowest BCUT2D eigenvalue weighted by molar-refractivity contribution is 0.203. The molecule has 5 rings (SSSR count). The Morgan fingerprint density at radius 3 is 2.56 bits per heavy atom. The van der Waals surface area contributed by atoms with Gasteiger partial charge < -0.3 is 14.6 Å². The van der Waals surface area contributed by atoms with Crippen LogP contribution in [0.3, 0.4) is 0 Å². The molecule has 4 aromatic rings. The fourth-order valence-electron chi connectivity index (χ4n) is 4.19. The summed E-state index contributed by atoms with van der Waals surface area (Å²) in [6.07, 6.45) is 0. The minimum absolute atomic E-state index is 0.164. The zero-order valence-corrected chi connectivity index (χ0v) is 19.5. The van der Waals surface area contributed by atoms with Crippen LogP contribution in [0.15, 0.2) is 83.0 Å². The van der Waals surface area contributed by atoms with Crippen LogP contribution in [0.5, 0.6) is 5.75 Å². The summed E-state index contributed by atoms with van der Waals surface area (Å²) in [5.41, 5.74) is 3.10. The summed E-state index contributed by atoms with van der Waals surface area (Å²) >= 11 is 0. The number of carbonyl (C=O) groups is 1. The molecule has 2 amide bonds. The molecule has 1 unspecified atom stereocenters. The van der Waals surface area contributed by atoms with Crippen molar-refractivity contribution in [2.24, 2.45) is 0 Å². The van der Waals surface area contributed by atoms with E-state index in [2.05, 4.69) is 15.5 Å². The number of amides is 2. The maximum atomic E-state index is 13.8. The maximum Gasteiger partial charge on any atom is 0.322 e. The lowest BCUT2D eigenvalue weighted by atomic mass is 9.94. The van der Waals surface area contributed by atoms with E-state index in [1.807, 2.05) is 24.3 Å². The van der Waals surface area contributed by atoms with Gasteiger partial charge in [-0.1, -0.05) is 41.6 Å². The number of ether oxygens (including phenoxy) is 1. The first-order valence-electron chi connectivity index (χ1n) is 11.2. The van der Waals surface area contributed by atoms with Gasteiger partial charge in [0.15, 0.2) is 0 Å². The molecule has 36 heavy (non-hydrogen) atoms. The topological polar surface area (TPSA) is 80.5 Å². The van der Waals surface area contributed by atoms with Crippen molar-refractivity contribution in [3.05, 3.63) is 107 Å². The summed E-state index contributed by atoms with van der Waals surface area (Å²) in [5, 5.41) is 7.01. The van der Waals surface area contributed by atoms with E-state index >= 15 is 0 Å². The van der Waals surface area contributed by atoms with E-state index in [9.17, 15) is 13.6 Å². The van der Waals surface area contributed by atoms with E-state index in [0.29, 0.717) is 28.1 Å². The Bertz CT molecular complexity index is 1450. The van der Waals surface area contributed by atoms with Crippen molar-refractivity contribution >= 4 is 11.6 Å². The van der Waals surface area contributed by atoms with Crippen molar-refractivity contribution in [2.45, 2.75) is 19.5 Å². The minimum atomic E-state index is -0.666. The monoisotopic (exact) mass is 488 g/mol. The predicted molar refractivity (Wildman–Crippen MR) is 128 cm³/mol. The summed E-state index contributed by atoms with van der Waals surface area (Å²) in [4.78, 5) is 19.3. The number of allylic oxidation sites excluding steroid dienone is 1. The third kappa shape index (κ3) is 4.55. The fourth-order valence-corrected chi connectivity index (χ4v) is 4.19. The highest BCUT2D eigenvalue weighted by Gasteiger charge is 2.36. The molecule has 0 saturated heterocycles. The lowest BCUT2D eigenvalue weighted by Crippen LogP contribution is -2.45. The van der Waals surface area contributed by atoms with Gasteiger partial charge in [-0.05, 0) is 54.4 Å². The third-order valence-corrected chi connectivity index (χ3v) is 6.01. The first-order chi connectivity index (χ1) is 17.4. The average molecular weight is 488 g/mol. The highest BCUT2D eigenvalue weighted by molar-refractivity contribution is 5.86. The van der Waals surface area contributed by atoms with Crippen LogP contribution in [-0.4, -0.2) is 28.2 Å². The zero-order chi connectivity index (χ0) is 25.2. The van der Waals surface area contributed by atoms with E-state index in [1.165, 1.54) is 24.3 Å². The Hall–Kier alpha value is -4.53. The molecule has 0 spiro atoms. The number of benzene rings is 3. The van der Waals surface area contributed by atoms with E-state index in [1.54, 1.807) is 43.2 Å². The van der Waals surface area contributed by atoms with Crippen LogP contribution in [0.4, 0.5) is 13.6 Å². The molecular formula is C27H22F2N4O3. The number of nitrogens with zero attached hydrogens (tertiary/aromatic N) is 3. The summed E-state index contributed by atoms with van der Waals surface area (Å²) < 4.78 is 38.3. The highest BCUT2D eigenvalue weighted by Crippen LogP contribution is 2.38. The Morgan fingerprint density at radius 1 is 1.03 bits per heavy atom. The Morgan fingerprint density at radius 2 is 1.81 bits per heavy atom. The molecule has 2 heterocycles. The summed E-state index contributed by atoms with van der Waals surface area (Å²) in [7, 11) is 1.58. The Kier molecular flexibility index (Phi) is 6.20. The van der Waals surface area contributed by atoms with Crippen LogP contribution in [-0.2, 0) is 6.54 Å². The van der Waals surface area contributed by atoms with Gasteiger partial charge in [-0.3, -0.25) is 4.90 Å². The molecule has 0 saturated carbocycles. The number of aromatic nitrogens is 2. The number of nitrogens with one attached hydrogen (secondary N) is 1. The van der Waals surface area contributed by atoms with Gasteiger partial charge in [0.05, 0.1) is 25.3 Å². The zero-order valence-electron chi connectivity index (χ0n) is 19.5. The van der Waals surface area contributed by atoms with Gasteiger partial charge >= 0.3 is 6.03 Å². The van der Waals surface area contributed by atoms with Crippen molar-refractivity contribution in [3.8, 4) is 17.1 Å². The van der Waals surface area contributed by atoms with Gasteiger partial charge in [-0.25, -0.2) is 13.6 Å². The Labute approximate surface area is 206 Å². The van der Waals surface area contributed by atoms with E-state index in [0.717, 1.165) is 5.56 Å². The molecule has 1 N–H and O–H groups in total. The summed E-state index contributed by atoms with van der Waals surface area (Å²) in [5.74, 6) is 0.227.